The summed E-state index contributed by atoms with van der Waals surface area (Å²) in [6.45, 7) is 2.10. The molecule has 1 aromatic heterocycles. The maximum Gasteiger partial charge on any atom is 0.337 e. The SMILES string of the molecule is CCCc1c(Cl)c(S(N)(=O)=O)cc(C(=O)O)c1NCc1ccco1. The molecule has 0 amide bonds. The van der Waals surface area contributed by atoms with E-state index in [4.69, 9.17) is 21.2 Å². The Hall–Kier alpha value is -2.03. The Morgan fingerprint density at radius 3 is 2.67 bits per heavy atom. The van der Waals surface area contributed by atoms with E-state index in [1.54, 1.807) is 12.1 Å². The highest BCUT2D eigenvalue weighted by molar-refractivity contribution is 7.89. The number of hydrogen-bond acceptors (Lipinski definition) is 5. The van der Waals surface area contributed by atoms with Crippen molar-refractivity contribution in [2.45, 2.75) is 31.2 Å². The first-order chi connectivity index (χ1) is 11.3. The van der Waals surface area contributed by atoms with Crippen molar-refractivity contribution in [1.29, 1.82) is 0 Å². The maximum atomic E-state index is 11.7. The van der Waals surface area contributed by atoms with Crippen LogP contribution in [0.5, 0.6) is 0 Å². The summed E-state index contributed by atoms with van der Waals surface area (Å²) >= 11 is 6.20. The number of benzene rings is 1. The molecule has 9 heteroatoms. The van der Waals surface area contributed by atoms with Crippen LogP contribution in [0.1, 0.15) is 35.0 Å². The van der Waals surface area contributed by atoms with Crippen LogP contribution in [0.2, 0.25) is 5.02 Å². The predicted octanol–water partition coefficient (Wildman–Crippen LogP) is 2.84. The van der Waals surface area contributed by atoms with Gasteiger partial charge >= 0.3 is 5.97 Å². The van der Waals surface area contributed by atoms with Crippen LogP contribution in [-0.4, -0.2) is 19.5 Å². The molecule has 0 radical (unpaired) electrons. The van der Waals surface area contributed by atoms with Crippen molar-refractivity contribution >= 4 is 33.3 Å². The smallest absolute Gasteiger partial charge is 0.337 e. The molecule has 24 heavy (non-hydrogen) atoms. The Bertz CT molecular complexity index is 847. The highest BCUT2D eigenvalue weighted by Crippen LogP contribution is 2.35. The lowest BCUT2D eigenvalue weighted by atomic mass is 10.0. The number of carboxylic acids is 1. The summed E-state index contributed by atoms with van der Waals surface area (Å²) in [5, 5.41) is 17.5. The third-order valence-corrected chi connectivity index (χ3v) is 4.86. The lowest BCUT2D eigenvalue weighted by Gasteiger charge is -2.18. The minimum Gasteiger partial charge on any atom is -0.478 e. The Morgan fingerprint density at radius 1 is 1.46 bits per heavy atom. The van der Waals surface area contributed by atoms with E-state index in [2.05, 4.69) is 5.32 Å². The second-order valence-corrected chi connectivity index (χ2v) is 7.03. The Kier molecular flexibility index (Phi) is 5.53. The number of carbonyl (C=O) groups is 1. The molecule has 0 aliphatic heterocycles. The first-order valence-corrected chi connectivity index (χ1v) is 9.05. The van der Waals surface area contributed by atoms with E-state index in [0.717, 1.165) is 6.07 Å². The molecule has 0 aliphatic rings. The number of hydrogen-bond donors (Lipinski definition) is 3. The van der Waals surface area contributed by atoms with Gasteiger partial charge in [-0.1, -0.05) is 24.9 Å². The number of aromatic carboxylic acids is 1. The molecule has 0 bridgehead atoms. The maximum absolute atomic E-state index is 11.7. The fourth-order valence-corrected chi connectivity index (χ4v) is 3.56. The third-order valence-electron chi connectivity index (χ3n) is 3.38. The van der Waals surface area contributed by atoms with E-state index in [0.29, 0.717) is 24.2 Å². The quantitative estimate of drug-likeness (QED) is 0.686. The zero-order valence-electron chi connectivity index (χ0n) is 12.9. The third kappa shape index (κ3) is 3.89. The van der Waals surface area contributed by atoms with Gasteiger partial charge in [0.05, 0.1) is 29.1 Å². The molecule has 0 saturated carbocycles. The van der Waals surface area contributed by atoms with Crippen molar-refractivity contribution in [2.24, 2.45) is 5.14 Å². The number of rotatable bonds is 7. The van der Waals surface area contributed by atoms with Crippen molar-refractivity contribution in [3.05, 3.63) is 46.4 Å². The molecular formula is C15H17ClN2O5S. The van der Waals surface area contributed by atoms with Gasteiger partial charge in [0.15, 0.2) is 0 Å². The van der Waals surface area contributed by atoms with Gasteiger partial charge in [0, 0.05) is 0 Å². The molecule has 1 aromatic carbocycles. The number of sulfonamides is 1. The number of nitrogens with one attached hydrogen (secondary N) is 1. The van der Waals surface area contributed by atoms with Gasteiger partial charge in [-0.15, -0.1) is 0 Å². The lowest BCUT2D eigenvalue weighted by molar-refractivity contribution is 0.0697. The highest BCUT2D eigenvalue weighted by Gasteiger charge is 2.25. The van der Waals surface area contributed by atoms with E-state index in [1.807, 2.05) is 6.92 Å². The normalized spacial score (nSPS) is 11.5. The molecule has 0 aliphatic carbocycles. The first-order valence-electron chi connectivity index (χ1n) is 7.13. The summed E-state index contributed by atoms with van der Waals surface area (Å²) in [7, 11) is -4.15. The molecular weight excluding hydrogens is 356 g/mol. The Labute approximate surface area is 144 Å². The number of carboxylic acid groups (broad SMARTS) is 1. The van der Waals surface area contributed by atoms with Gasteiger partial charge in [-0.2, -0.15) is 0 Å². The molecule has 0 unspecified atom stereocenters. The zero-order valence-corrected chi connectivity index (χ0v) is 14.4. The monoisotopic (exact) mass is 372 g/mol. The van der Waals surface area contributed by atoms with E-state index in [1.165, 1.54) is 6.26 Å². The lowest BCUT2D eigenvalue weighted by Crippen LogP contribution is -2.17. The number of nitrogens with two attached hydrogens (primary N) is 1. The van der Waals surface area contributed by atoms with Gasteiger partial charge in [-0.05, 0) is 30.2 Å². The van der Waals surface area contributed by atoms with Gasteiger partial charge in [-0.25, -0.2) is 18.4 Å². The Morgan fingerprint density at radius 2 is 2.17 bits per heavy atom. The van der Waals surface area contributed by atoms with Crippen LogP contribution in [0.3, 0.4) is 0 Å². The molecule has 0 atom stereocenters. The van der Waals surface area contributed by atoms with Crippen molar-refractivity contribution in [2.75, 3.05) is 5.32 Å². The highest BCUT2D eigenvalue weighted by atomic mass is 35.5. The van der Waals surface area contributed by atoms with Crippen LogP contribution in [0.15, 0.2) is 33.8 Å². The molecule has 2 rings (SSSR count). The van der Waals surface area contributed by atoms with Gasteiger partial charge < -0.3 is 14.8 Å². The summed E-state index contributed by atoms with van der Waals surface area (Å²) in [6, 6.07) is 4.41. The van der Waals surface area contributed by atoms with Crippen molar-refractivity contribution < 1.29 is 22.7 Å². The first kappa shape index (κ1) is 18.3. The number of anilines is 1. The number of halogens is 1. The molecule has 2 aromatic rings. The molecule has 130 valence electrons. The van der Waals surface area contributed by atoms with Crippen LogP contribution in [0, 0.1) is 0 Å². The molecule has 0 spiro atoms. The number of furan rings is 1. The average molecular weight is 373 g/mol. The van der Waals surface area contributed by atoms with Crippen LogP contribution in [0.25, 0.3) is 0 Å². The van der Waals surface area contributed by atoms with Crippen LogP contribution >= 0.6 is 11.6 Å². The topological polar surface area (TPSA) is 123 Å². The summed E-state index contributed by atoms with van der Waals surface area (Å²) in [5.74, 6) is -0.684. The number of primary sulfonamides is 1. The van der Waals surface area contributed by atoms with Gasteiger partial charge in [0.1, 0.15) is 10.7 Å². The van der Waals surface area contributed by atoms with E-state index in [9.17, 15) is 18.3 Å². The van der Waals surface area contributed by atoms with E-state index < -0.39 is 20.9 Å². The van der Waals surface area contributed by atoms with E-state index in [-0.39, 0.29) is 22.8 Å². The summed E-state index contributed by atoms with van der Waals surface area (Å²) < 4.78 is 28.6. The van der Waals surface area contributed by atoms with Crippen molar-refractivity contribution in [3.63, 3.8) is 0 Å². The largest absolute Gasteiger partial charge is 0.478 e. The van der Waals surface area contributed by atoms with Gasteiger partial charge in [0.25, 0.3) is 0 Å². The zero-order chi connectivity index (χ0) is 17.9. The summed E-state index contributed by atoms with van der Waals surface area (Å²) in [5.41, 5.74) is 0.450. The van der Waals surface area contributed by atoms with Crippen LogP contribution in [0.4, 0.5) is 5.69 Å². The second kappa shape index (κ2) is 7.25. The van der Waals surface area contributed by atoms with Crippen molar-refractivity contribution in [3.8, 4) is 0 Å². The minimum atomic E-state index is -4.15. The van der Waals surface area contributed by atoms with Crippen LogP contribution < -0.4 is 10.5 Å². The molecule has 4 N–H and O–H groups in total. The van der Waals surface area contributed by atoms with Crippen molar-refractivity contribution in [1.82, 2.24) is 0 Å². The molecule has 0 fully saturated rings. The second-order valence-electron chi connectivity index (χ2n) is 5.12. The van der Waals surface area contributed by atoms with E-state index >= 15 is 0 Å². The van der Waals surface area contributed by atoms with Gasteiger partial charge in [0.2, 0.25) is 10.0 Å². The van der Waals surface area contributed by atoms with Gasteiger partial charge in [-0.3, -0.25) is 0 Å². The average Bonchev–Trinajstić information content (AvgIpc) is 2.99. The summed E-state index contributed by atoms with van der Waals surface area (Å²) in [4.78, 5) is 11.2. The van der Waals surface area contributed by atoms with Crippen LogP contribution in [-0.2, 0) is 23.0 Å². The predicted molar refractivity (Wildman–Crippen MR) is 89.8 cm³/mol. The molecule has 0 saturated heterocycles. The fourth-order valence-electron chi connectivity index (χ4n) is 2.34. The standard InChI is InChI=1S/C15H17ClN2O5S/c1-2-4-10-13(16)12(24(17,21)22)7-11(15(19)20)14(10)18-8-9-5-3-6-23-9/h3,5-7,18H,2,4,8H2,1H3,(H,19,20)(H2,17,21,22). The molecule has 7 nitrogen and oxygen atoms in total. The Balaban J connectivity index is 2.61. The minimum absolute atomic E-state index is 0.0636. The summed E-state index contributed by atoms with van der Waals surface area (Å²) in [6.07, 6.45) is 2.53. The molecule has 1 heterocycles. The fraction of sp³-hybridized carbons (Fsp3) is 0.267.